The molecule has 26 heavy (non-hydrogen) atoms. The molecule has 5 nitrogen and oxygen atoms in total. The number of nitrogens with zero attached hydrogens (tertiary/aromatic N) is 5. The van der Waals surface area contributed by atoms with Crippen LogP contribution in [0.3, 0.4) is 0 Å². The third-order valence-corrected chi connectivity index (χ3v) is 4.61. The van der Waals surface area contributed by atoms with Crippen LogP contribution in [0.4, 0.5) is 10.2 Å². The lowest BCUT2D eigenvalue weighted by Gasteiger charge is -2.27. The maximum atomic E-state index is 13.1. The van der Waals surface area contributed by atoms with Gasteiger partial charge in [-0.3, -0.25) is 0 Å². The van der Waals surface area contributed by atoms with Crippen molar-refractivity contribution >= 4 is 11.4 Å². The Balaban J connectivity index is 1.49. The van der Waals surface area contributed by atoms with Gasteiger partial charge in [-0.2, -0.15) is 5.10 Å². The molecule has 2 aromatic heterocycles. The summed E-state index contributed by atoms with van der Waals surface area (Å²) >= 11 is 0. The maximum absolute atomic E-state index is 13.1. The molecule has 0 unspecified atom stereocenters. The molecule has 6 heteroatoms. The van der Waals surface area contributed by atoms with Gasteiger partial charge < -0.3 is 4.90 Å². The smallest absolute Gasteiger partial charge is 0.176 e. The summed E-state index contributed by atoms with van der Waals surface area (Å²) in [4.78, 5) is 2.19. The molecule has 1 aliphatic rings. The van der Waals surface area contributed by atoms with Crippen LogP contribution in [0.5, 0.6) is 0 Å². The van der Waals surface area contributed by atoms with Crippen molar-refractivity contribution in [3.63, 3.8) is 0 Å². The third kappa shape index (κ3) is 3.22. The Hall–Kier alpha value is -3.02. The zero-order valence-electron chi connectivity index (χ0n) is 14.9. The van der Waals surface area contributed by atoms with Gasteiger partial charge in [-0.25, -0.2) is 9.07 Å². The Labute approximate surface area is 151 Å². The fraction of sp³-hybridized carbons (Fsp3) is 0.250. The molecule has 0 bridgehead atoms. The molecule has 4 rings (SSSR count). The summed E-state index contributed by atoms with van der Waals surface area (Å²) in [5, 5.41) is 13.1. The van der Waals surface area contributed by atoms with Gasteiger partial charge in [0.15, 0.2) is 11.6 Å². The van der Waals surface area contributed by atoms with E-state index in [1.54, 1.807) is 4.68 Å². The van der Waals surface area contributed by atoms with Crippen molar-refractivity contribution in [2.45, 2.75) is 20.3 Å². The molecule has 0 radical (unpaired) electrons. The molecule has 0 saturated heterocycles. The van der Waals surface area contributed by atoms with E-state index in [4.69, 9.17) is 0 Å². The van der Waals surface area contributed by atoms with Crippen LogP contribution in [-0.4, -0.2) is 33.1 Å². The first kappa shape index (κ1) is 16.4. The molecule has 0 amide bonds. The Morgan fingerprint density at radius 2 is 1.69 bits per heavy atom. The molecule has 3 aromatic rings. The summed E-state index contributed by atoms with van der Waals surface area (Å²) in [7, 11) is 0. The van der Waals surface area contributed by atoms with E-state index in [1.807, 2.05) is 44.2 Å². The van der Waals surface area contributed by atoms with E-state index >= 15 is 0 Å². The van der Waals surface area contributed by atoms with Gasteiger partial charge in [-0.15, -0.1) is 10.2 Å². The number of aryl methyl sites for hydroxylation is 2. The number of anilines is 1. The Bertz CT molecular complexity index is 941. The van der Waals surface area contributed by atoms with E-state index < -0.39 is 0 Å². The van der Waals surface area contributed by atoms with Crippen molar-refractivity contribution in [2.75, 3.05) is 18.0 Å². The highest BCUT2D eigenvalue weighted by Crippen LogP contribution is 2.25. The minimum absolute atomic E-state index is 0.204. The molecule has 0 saturated carbocycles. The van der Waals surface area contributed by atoms with E-state index in [0.29, 0.717) is 0 Å². The third-order valence-electron chi connectivity index (χ3n) is 4.61. The predicted molar refractivity (Wildman–Crippen MR) is 99.8 cm³/mol. The minimum Gasteiger partial charge on any atom is -0.351 e. The molecule has 0 aliphatic carbocycles. The summed E-state index contributed by atoms with van der Waals surface area (Å²) in [5.41, 5.74) is 4.32. The number of hydrogen-bond donors (Lipinski definition) is 0. The molecular formula is C20H20FN5. The van der Waals surface area contributed by atoms with Crippen LogP contribution in [0.2, 0.25) is 0 Å². The highest BCUT2D eigenvalue weighted by atomic mass is 19.1. The van der Waals surface area contributed by atoms with Crippen LogP contribution in [0.1, 0.15) is 23.4 Å². The number of halogens is 1. The van der Waals surface area contributed by atoms with Gasteiger partial charge in [0.05, 0.1) is 5.69 Å². The summed E-state index contributed by atoms with van der Waals surface area (Å²) in [6.07, 6.45) is 3.07. The molecule has 1 aromatic carbocycles. The van der Waals surface area contributed by atoms with Crippen molar-refractivity contribution in [3.05, 3.63) is 71.3 Å². The van der Waals surface area contributed by atoms with E-state index in [-0.39, 0.29) is 5.82 Å². The molecule has 0 N–H and O–H groups in total. The van der Waals surface area contributed by atoms with Gasteiger partial charge in [0.2, 0.25) is 0 Å². The van der Waals surface area contributed by atoms with Gasteiger partial charge in [0.1, 0.15) is 5.82 Å². The summed E-state index contributed by atoms with van der Waals surface area (Å²) in [6, 6.07) is 12.6. The summed E-state index contributed by atoms with van der Waals surface area (Å²) < 4.78 is 14.9. The average molecular weight is 349 g/mol. The molecule has 0 fully saturated rings. The fourth-order valence-electron chi connectivity index (χ4n) is 3.26. The van der Waals surface area contributed by atoms with Gasteiger partial charge in [0, 0.05) is 18.8 Å². The molecular weight excluding hydrogens is 329 g/mol. The van der Waals surface area contributed by atoms with Gasteiger partial charge in [-0.1, -0.05) is 18.2 Å². The highest BCUT2D eigenvalue weighted by Gasteiger charge is 2.15. The van der Waals surface area contributed by atoms with Crippen LogP contribution in [-0.2, 0) is 0 Å². The number of hydrogen-bond acceptors (Lipinski definition) is 4. The lowest BCUT2D eigenvalue weighted by molar-refractivity contribution is 0.627. The van der Waals surface area contributed by atoms with Crippen molar-refractivity contribution < 1.29 is 4.39 Å². The minimum atomic E-state index is -0.204. The summed E-state index contributed by atoms with van der Waals surface area (Å²) in [6.45, 7) is 5.59. The van der Waals surface area contributed by atoms with Crippen molar-refractivity contribution in [3.8, 4) is 5.82 Å². The SMILES string of the molecule is Cc1cc(C)n(-c2ccc(N3CC=C(c4ccc(F)cc4)CC3)nn2)n1. The zero-order valence-corrected chi connectivity index (χ0v) is 14.9. The molecule has 3 heterocycles. The van der Waals surface area contributed by atoms with Crippen LogP contribution < -0.4 is 4.90 Å². The van der Waals surface area contributed by atoms with E-state index in [1.165, 1.54) is 17.7 Å². The van der Waals surface area contributed by atoms with Crippen molar-refractivity contribution in [1.29, 1.82) is 0 Å². The number of rotatable bonds is 3. The second kappa shape index (κ2) is 6.71. The molecule has 132 valence electrons. The van der Waals surface area contributed by atoms with Crippen LogP contribution in [0.15, 0.2) is 48.5 Å². The first-order valence-corrected chi connectivity index (χ1v) is 8.67. The lowest BCUT2D eigenvalue weighted by atomic mass is 9.99. The Morgan fingerprint density at radius 1 is 0.962 bits per heavy atom. The van der Waals surface area contributed by atoms with E-state index in [2.05, 4.69) is 26.3 Å². The van der Waals surface area contributed by atoms with Crippen LogP contribution in [0, 0.1) is 19.7 Å². The normalized spacial score (nSPS) is 14.4. The second-order valence-corrected chi connectivity index (χ2v) is 6.52. The Kier molecular flexibility index (Phi) is 4.24. The maximum Gasteiger partial charge on any atom is 0.176 e. The molecule has 0 spiro atoms. The Morgan fingerprint density at radius 3 is 2.27 bits per heavy atom. The van der Waals surface area contributed by atoms with E-state index in [9.17, 15) is 4.39 Å². The standard InChI is InChI=1S/C20H20FN5/c1-14-13-15(2)26(24-14)20-8-7-19(22-23-20)25-11-9-17(10-12-25)16-3-5-18(21)6-4-16/h3-9,13H,10-12H2,1-2H3. The largest absolute Gasteiger partial charge is 0.351 e. The highest BCUT2D eigenvalue weighted by molar-refractivity contribution is 5.68. The van der Waals surface area contributed by atoms with Crippen LogP contribution >= 0.6 is 0 Å². The fourth-order valence-corrected chi connectivity index (χ4v) is 3.26. The van der Waals surface area contributed by atoms with E-state index in [0.717, 1.165) is 48.1 Å². The average Bonchev–Trinajstić information content (AvgIpc) is 3.01. The predicted octanol–water partition coefficient (Wildman–Crippen LogP) is 3.71. The molecule has 0 atom stereocenters. The number of aromatic nitrogens is 4. The second-order valence-electron chi connectivity index (χ2n) is 6.52. The first-order valence-electron chi connectivity index (χ1n) is 8.67. The zero-order chi connectivity index (χ0) is 18.1. The van der Waals surface area contributed by atoms with Crippen molar-refractivity contribution in [2.24, 2.45) is 0 Å². The monoisotopic (exact) mass is 349 g/mol. The van der Waals surface area contributed by atoms with Gasteiger partial charge >= 0.3 is 0 Å². The quantitative estimate of drug-likeness (QED) is 0.723. The first-order chi connectivity index (χ1) is 12.6. The van der Waals surface area contributed by atoms with Gasteiger partial charge in [0.25, 0.3) is 0 Å². The number of benzene rings is 1. The topological polar surface area (TPSA) is 46.8 Å². The lowest BCUT2D eigenvalue weighted by Crippen LogP contribution is -2.29. The van der Waals surface area contributed by atoms with Crippen LogP contribution in [0.25, 0.3) is 11.4 Å². The van der Waals surface area contributed by atoms with Gasteiger partial charge in [-0.05, 0) is 61.7 Å². The summed E-state index contributed by atoms with van der Waals surface area (Å²) in [5.74, 6) is 1.37. The van der Waals surface area contributed by atoms with Crippen molar-refractivity contribution in [1.82, 2.24) is 20.0 Å². The molecule has 1 aliphatic heterocycles.